The van der Waals surface area contributed by atoms with E-state index in [1.807, 2.05) is 0 Å². The lowest BCUT2D eigenvalue weighted by atomic mass is 9.49. The third kappa shape index (κ3) is 5.41. The van der Waals surface area contributed by atoms with Gasteiger partial charge >= 0.3 is 5.97 Å². The van der Waals surface area contributed by atoms with Crippen LogP contribution in [0.4, 0.5) is 15.8 Å². The normalized spacial score (nSPS) is 25.7. The number of rotatable bonds is 7. The molecule has 0 aromatic heterocycles. The van der Waals surface area contributed by atoms with E-state index < -0.39 is 81.7 Å². The predicted molar refractivity (Wildman–Crippen MR) is 199 cm³/mol. The molecule has 4 aliphatic rings. The SMILES string of the molecule is COc1cc(Br)cc(C2C3=CCC4C(=O)N(c5ccc(C(=O)O)c(O)c5)C(=O)C4C3CC3C(=O)N(Nc4ccc(F)cc4)C(=O)C32c2ccc(Cl)cc2)c1O. The summed E-state index contributed by atoms with van der Waals surface area (Å²) in [5.74, 6) is -10.3. The Bertz CT molecular complexity index is 2370. The van der Waals surface area contributed by atoms with Gasteiger partial charge in [0.15, 0.2) is 11.5 Å². The number of nitrogens with zero attached hydrogens (tertiary/aromatic N) is 2. The molecule has 0 radical (unpaired) electrons. The van der Waals surface area contributed by atoms with Gasteiger partial charge in [-0.1, -0.05) is 51.3 Å². The number of hydrazine groups is 1. The first-order chi connectivity index (χ1) is 26.3. The number of hydrogen-bond acceptors (Lipinski definition) is 9. The highest BCUT2D eigenvalue weighted by Gasteiger charge is 2.70. The van der Waals surface area contributed by atoms with Crippen LogP contribution in [0.15, 0.2) is 95.0 Å². The molecule has 1 saturated carbocycles. The van der Waals surface area contributed by atoms with Crippen LogP contribution in [0, 0.1) is 29.5 Å². The number of ether oxygens (including phenoxy) is 1. The molecule has 6 unspecified atom stereocenters. The average Bonchev–Trinajstić information content (AvgIpc) is 3.54. The van der Waals surface area contributed by atoms with Crippen molar-refractivity contribution in [2.45, 2.75) is 24.2 Å². The van der Waals surface area contributed by atoms with Crippen LogP contribution < -0.4 is 15.1 Å². The van der Waals surface area contributed by atoms with Crippen molar-refractivity contribution in [1.82, 2.24) is 5.01 Å². The number of anilines is 2. The van der Waals surface area contributed by atoms with E-state index in [-0.39, 0.29) is 41.3 Å². The van der Waals surface area contributed by atoms with Gasteiger partial charge in [-0.15, -0.1) is 0 Å². The van der Waals surface area contributed by atoms with Crippen LogP contribution in [0.25, 0.3) is 0 Å². The maximum absolute atomic E-state index is 15.3. The number of fused-ring (bicyclic) bond motifs is 4. The molecule has 8 rings (SSSR count). The van der Waals surface area contributed by atoms with Gasteiger partial charge in [-0.3, -0.25) is 24.6 Å². The van der Waals surface area contributed by atoms with Crippen LogP contribution in [-0.4, -0.2) is 57.0 Å². The number of carboxylic acids is 1. The van der Waals surface area contributed by atoms with Crippen molar-refractivity contribution < 1.29 is 48.4 Å². The number of aromatic hydroxyl groups is 2. The molecule has 2 aliphatic heterocycles. The molecule has 0 spiro atoms. The number of phenols is 2. The van der Waals surface area contributed by atoms with Gasteiger partial charge in [0.1, 0.15) is 17.1 Å². The number of carboxylic acid groups (broad SMARTS) is 1. The first-order valence-corrected chi connectivity index (χ1v) is 18.3. The minimum Gasteiger partial charge on any atom is -0.507 e. The number of amides is 4. The van der Waals surface area contributed by atoms with E-state index in [2.05, 4.69) is 21.4 Å². The summed E-state index contributed by atoms with van der Waals surface area (Å²) in [5.41, 5.74) is 2.09. The van der Waals surface area contributed by atoms with E-state index in [1.165, 1.54) is 37.4 Å². The fourth-order valence-electron chi connectivity index (χ4n) is 9.06. The molecule has 2 saturated heterocycles. The zero-order chi connectivity index (χ0) is 39.1. The standard InChI is InChI=1S/C40H30BrClFN3O9/c1-55-31-15-19(41)14-28(34(31)48)33-24-12-13-26-32(37(51)45(35(26)49)23-10-11-25(38(52)53)30(47)16-23)27(24)17-29-36(50)46(44-22-8-6-21(43)7-9-22)39(54)40(29,33)18-2-4-20(42)5-3-18/h2-12,14-16,26-27,29,32-33,44,47-48H,13,17H2,1H3,(H,52,53). The Balaban J connectivity index is 1.33. The summed E-state index contributed by atoms with van der Waals surface area (Å²) in [6.45, 7) is 0. The molecular formula is C40H30BrClFN3O9. The summed E-state index contributed by atoms with van der Waals surface area (Å²) in [6.07, 6.45) is 1.78. The monoisotopic (exact) mass is 829 g/mol. The summed E-state index contributed by atoms with van der Waals surface area (Å²) in [5, 5.41) is 33.0. The lowest BCUT2D eigenvalue weighted by Crippen LogP contribution is -2.53. The van der Waals surface area contributed by atoms with Gasteiger partial charge < -0.3 is 20.1 Å². The molecule has 3 fully saturated rings. The van der Waals surface area contributed by atoms with E-state index in [4.69, 9.17) is 16.3 Å². The summed E-state index contributed by atoms with van der Waals surface area (Å²) >= 11 is 9.85. The van der Waals surface area contributed by atoms with Crippen LogP contribution in [-0.2, 0) is 24.6 Å². The van der Waals surface area contributed by atoms with E-state index in [0.717, 1.165) is 22.0 Å². The number of hydrogen-bond donors (Lipinski definition) is 4. The number of phenolic OH excluding ortho intramolecular Hbond substituents is 1. The lowest BCUT2D eigenvalue weighted by Gasteiger charge is -2.50. The van der Waals surface area contributed by atoms with Crippen LogP contribution >= 0.6 is 27.5 Å². The maximum Gasteiger partial charge on any atom is 0.339 e. The fraction of sp³-hybridized carbons (Fsp3) is 0.225. The smallest absolute Gasteiger partial charge is 0.339 e. The molecular weight excluding hydrogens is 801 g/mol. The van der Waals surface area contributed by atoms with Crippen molar-refractivity contribution in [3.63, 3.8) is 0 Å². The number of carbonyl (C=O) groups is 5. The van der Waals surface area contributed by atoms with Crippen LogP contribution in [0.3, 0.4) is 0 Å². The van der Waals surface area contributed by atoms with E-state index >= 15 is 4.79 Å². The second-order valence-corrected chi connectivity index (χ2v) is 15.3. The van der Waals surface area contributed by atoms with Gasteiger partial charge in [-0.2, -0.15) is 5.01 Å². The first kappa shape index (κ1) is 36.3. The number of halogens is 3. The van der Waals surface area contributed by atoms with Gasteiger partial charge in [-0.25, -0.2) is 14.1 Å². The summed E-state index contributed by atoms with van der Waals surface area (Å²) in [4.78, 5) is 71.3. The van der Waals surface area contributed by atoms with Gasteiger partial charge in [0.2, 0.25) is 11.8 Å². The molecule has 280 valence electrons. The van der Waals surface area contributed by atoms with E-state index in [0.29, 0.717) is 20.6 Å². The van der Waals surface area contributed by atoms with Gasteiger partial charge in [0, 0.05) is 27.0 Å². The minimum atomic E-state index is -1.75. The highest BCUT2D eigenvalue weighted by Crippen LogP contribution is 2.65. The Hall–Kier alpha value is -5.73. The molecule has 6 atom stereocenters. The average molecular weight is 831 g/mol. The van der Waals surface area contributed by atoms with Crippen molar-refractivity contribution >= 4 is 68.5 Å². The zero-order valence-corrected chi connectivity index (χ0v) is 31.0. The molecule has 0 bridgehead atoms. The number of carbonyl (C=O) groups excluding carboxylic acids is 4. The fourth-order valence-corrected chi connectivity index (χ4v) is 9.64. The highest BCUT2D eigenvalue weighted by molar-refractivity contribution is 9.10. The van der Waals surface area contributed by atoms with Crippen molar-refractivity contribution in [1.29, 1.82) is 0 Å². The predicted octanol–water partition coefficient (Wildman–Crippen LogP) is 6.55. The van der Waals surface area contributed by atoms with Crippen LogP contribution in [0.2, 0.25) is 5.02 Å². The molecule has 4 aromatic carbocycles. The number of imide groups is 2. The zero-order valence-electron chi connectivity index (χ0n) is 28.7. The molecule has 55 heavy (non-hydrogen) atoms. The van der Waals surface area contributed by atoms with Crippen molar-refractivity contribution in [2.24, 2.45) is 23.7 Å². The Morgan fingerprint density at radius 1 is 0.945 bits per heavy atom. The van der Waals surface area contributed by atoms with Crippen LogP contribution in [0.5, 0.6) is 17.2 Å². The Morgan fingerprint density at radius 2 is 1.65 bits per heavy atom. The molecule has 4 aromatic rings. The second kappa shape index (κ2) is 13.2. The topological polar surface area (TPSA) is 174 Å². The summed E-state index contributed by atoms with van der Waals surface area (Å²) in [7, 11) is 1.37. The summed E-state index contributed by atoms with van der Waals surface area (Å²) in [6, 6.07) is 18.2. The van der Waals surface area contributed by atoms with Crippen molar-refractivity contribution in [2.75, 3.05) is 17.4 Å². The number of benzene rings is 4. The Morgan fingerprint density at radius 3 is 2.31 bits per heavy atom. The first-order valence-electron chi connectivity index (χ1n) is 17.1. The minimum absolute atomic E-state index is 0.0208. The highest BCUT2D eigenvalue weighted by atomic mass is 79.9. The Labute approximate surface area is 325 Å². The van der Waals surface area contributed by atoms with E-state index in [9.17, 15) is 38.9 Å². The molecule has 2 heterocycles. The number of methoxy groups -OCH3 is 1. The maximum atomic E-state index is 15.3. The molecule has 4 amide bonds. The largest absolute Gasteiger partial charge is 0.507 e. The number of allylic oxidation sites excluding steroid dienone is 2. The van der Waals surface area contributed by atoms with Gasteiger partial charge in [0.05, 0.1) is 41.7 Å². The van der Waals surface area contributed by atoms with Crippen LogP contribution in [0.1, 0.15) is 40.2 Å². The van der Waals surface area contributed by atoms with Gasteiger partial charge in [-0.05, 0) is 85.0 Å². The van der Waals surface area contributed by atoms with Crippen molar-refractivity contribution in [3.05, 3.63) is 123 Å². The molecule has 12 nitrogen and oxygen atoms in total. The third-order valence-corrected chi connectivity index (χ3v) is 12.0. The Kier molecular flexibility index (Phi) is 8.73. The summed E-state index contributed by atoms with van der Waals surface area (Å²) < 4.78 is 19.9. The van der Waals surface area contributed by atoms with Crippen molar-refractivity contribution in [3.8, 4) is 17.2 Å². The molecule has 2 aliphatic carbocycles. The lowest BCUT2D eigenvalue weighted by molar-refractivity contribution is -0.138. The third-order valence-electron chi connectivity index (χ3n) is 11.3. The quantitative estimate of drug-likeness (QED) is 0.118. The van der Waals surface area contributed by atoms with Gasteiger partial charge in [0.25, 0.3) is 11.8 Å². The molecule has 4 N–H and O–H groups in total. The van der Waals surface area contributed by atoms with E-state index in [1.54, 1.807) is 42.5 Å². The molecule has 15 heteroatoms. The number of nitrogens with one attached hydrogen (secondary N) is 1. The second-order valence-electron chi connectivity index (χ2n) is 13.9. The number of aromatic carboxylic acids is 1.